The quantitative estimate of drug-likeness (QED) is 0.648. The van der Waals surface area contributed by atoms with Crippen LogP contribution in [0.15, 0.2) is 18.2 Å². The minimum atomic E-state index is -0.593. The Kier molecular flexibility index (Phi) is 4.57. The number of piperidine rings is 1. The summed E-state index contributed by atoms with van der Waals surface area (Å²) in [6.45, 7) is 3.85. The van der Waals surface area contributed by atoms with Gasteiger partial charge in [-0.05, 0) is 24.8 Å². The van der Waals surface area contributed by atoms with E-state index in [0.717, 1.165) is 31.6 Å². The topological polar surface area (TPSA) is 92.6 Å². The van der Waals surface area contributed by atoms with Crippen molar-refractivity contribution in [1.82, 2.24) is 0 Å². The minimum absolute atomic E-state index is 0.0121. The predicted octanol–water partition coefficient (Wildman–Crippen LogP) is 1.82. The molecule has 0 bridgehead atoms. The maximum Gasteiger partial charge on any atom is 0.269 e. The number of non-ortho nitro benzene ring substituents is 1. The first-order valence-electron chi connectivity index (χ1n) is 6.92. The number of hydrogen-bond acceptors (Lipinski definition) is 5. The number of nitrogens with zero attached hydrogens (tertiary/aromatic N) is 2. The van der Waals surface area contributed by atoms with Crippen LogP contribution >= 0.6 is 0 Å². The van der Waals surface area contributed by atoms with E-state index in [9.17, 15) is 15.2 Å². The number of hydrogen-bond donors (Lipinski definition) is 2. The highest BCUT2D eigenvalue weighted by Crippen LogP contribution is 2.32. The van der Waals surface area contributed by atoms with Gasteiger partial charge in [0.15, 0.2) is 0 Å². The Morgan fingerprint density at radius 1 is 1.50 bits per heavy atom. The summed E-state index contributed by atoms with van der Waals surface area (Å²) in [4.78, 5) is 12.7. The molecule has 6 nitrogen and oxygen atoms in total. The lowest BCUT2D eigenvalue weighted by molar-refractivity contribution is -0.384. The highest BCUT2D eigenvalue weighted by Gasteiger charge is 2.22. The van der Waals surface area contributed by atoms with E-state index in [4.69, 9.17) is 5.73 Å². The van der Waals surface area contributed by atoms with Crippen LogP contribution in [0.1, 0.15) is 31.4 Å². The van der Waals surface area contributed by atoms with Crippen molar-refractivity contribution in [2.45, 2.75) is 25.8 Å². The molecule has 0 radical (unpaired) electrons. The predicted molar refractivity (Wildman–Crippen MR) is 77.7 cm³/mol. The Hall–Kier alpha value is -1.66. The molecule has 0 aromatic heterocycles. The summed E-state index contributed by atoms with van der Waals surface area (Å²) < 4.78 is 0. The lowest BCUT2D eigenvalue weighted by atomic mass is 9.96. The van der Waals surface area contributed by atoms with Crippen molar-refractivity contribution >= 4 is 11.4 Å². The van der Waals surface area contributed by atoms with Crippen molar-refractivity contribution in [3.05, 3.63) is 33.9 Å². The van der Waals surface area contributed by atoms with E-state index in [2.05, 4.69) is 11.8 Å². The van der Waals surface area contributed by atoms with E-state index in [0.29, 0.717) is 11.5 Å². The summed E-state index contributed by atoms with van der Waals surface area (Å²) in [5.74, 6) is 0.708. The normalized spacial score (nSPS) is 18.1. The number of nitrogens with two attached hydrogens (primary N) is 1. The first-order chi connectivity index (χ1) is 9.52. The van der Waals surface area contributed by atoms with Gasteiger partial charge >= 0.3 is 0 Å². The van der Waals surface area contributed by atoms with Crippen molar-refractivity contribution in [1.29, 1.82) is 0 Å². The lowest BCUT2D eigenvalue weighted by Crippen LogP contribution is -2.34. The molecule has 0 aliphatic carbocycles. The molecule has 2 rings (SSSR count). The zero-order valence-corrected chi connectivity index (χ0v) is 11.7. The first-order valence-corrected chi connectivity index (χ1v) is 6.92. The largest absolute Gasteiger partial charge is 0.394 e. The molecule has 1 fully saturated rings. The van der Waals surface area contributed by atoms with Crippen LogP contribution in [0.2, 0.25) is 0 Å². The highest BCUT2D eigenvalue weighted by molar-refractivity contribution is 5.59. The maximum atomic E-state index is 10.9. The summed E-state index contributed by atoms with van der Waals surface area (Å²) in [5, 5.41) is 20.2. The molecule has 1 atom stereocenters. The van der Waals surface area contributed by atoms with Crippen molar-refractivity contribution < 1.29 is 10.0 Å². The van der Waals surface area contributed by atoms with Crippen molar-refractivity contribution in [2.75, 3.05) is 24.6 Å². The van der Waals surface area contributed by atoms with Gasteiger partial charge in [-0.25, -0.2) is 0 Å². The molecule has 110 valence electrons. The number of aliphatic hydroxyl groups is 1. The Morgan fingerprint density at radius 3 is 2.70 bits per heavy atom. The van der Waals surface area contributed by atoms with Crippen LogP contribution in [0.4, 0.5) is 11.4 Å². The second-order valence-electron chi connectivity index (χ2n) is 5.46. The summed E-state index contributed by atoms with van der Waals surface area (Å²) >= 11 is 0. The van der Waals surface area contributed by atoms with E-state index in [1.807, 2.05) is 0 Å². The lowest BCUT2D eigenvalue weighted by Gasteiger charge is -2.34. The number of aliphatic hydroxyl groups excluding tert-OH is 1. The van der Waals surface area contributed by atoms with Gasteiger partial charge in [-0.2, -0.15) is 0 Å². The van der Waals surface area contributed by atoms with Crippen molar-refractivity contribution in [3.63, 3.8) is 0 Å². The highest BCUT2D eigenvalue weighted by atomic mass is 16.6. The zero-order chi connectivity index (χ0) is 14.7. The molecule has 1 aliphatic rings. The molecular formula is C14H21N3O3. The number of rotatable bonds is 4. The van der Waals surface area contributed by atoms with E-state index >= 15 is 0 Å². The standard InChI is InChI=1S/C14H21N3O3/c1-10-4-6-16(7-5-10)14-3-2-11(17(19)20)8-12(14)13(15)9-18/h2-3,8,10,13,18H,4-7,9,15H2,1H3/t13-/m1/s1. The van der Waals surface area contributed by atoms with Crippen LogP contribution in [0, 0.1) is 16.0 Å². The third-order valence-electron chi connectivity index (χ3n) is 3.94. The average molecular weight is 279 g/mol. The van der Waals surface area contributed by atoms with Gasteiger partial charge in [0.05, 0.1) is 17.6 Å². The Bertz CT molecular complexity index is 485. The van der Waals surface area contributed by atoms with E-state index in [1.54, 1.807) is 6.07 Å². The van der Waals surface area contributed by atoms with E-state index in [-0.39, 0.29) is 12.3 Å². The van der Waals surface area contributed by atoms with E-state index in [1.165, 1.54) is 12.1 Å². The molecule has 3 N–H and O–H groups in total. The summed E-state index contributed by atoms with van der Waals surface area (Å²) in [7, 11) is 0. The van der Waals surface area contributed by atoms with Crippen molar-refractivity contribution in [3.8, 4) is 0 Å². The van der Waals surface area contributed by atoms with Gasteiger partial charge in [-0.1, -0.05) is 6.92 Å². The molecular weight excluding hydrogens is 258 g/mol. The monoisotopic (exact) mass is 279 g/mol. The molecule has 20 heavy (non-hydrogen) atoms. The summed E-state index contributed by atoms with van der Waals surface area (Å²) in [6, 6.07) is 4.14. The SMILES string of the molecule is CC1CCN(c2ccc([N+](=O)[O-])cc2[C@H](N)CO)CC1. The molecule has 6 heteroatoms. The molecule has 0 unspecified atom stereocenters. The summed E-state index contributed by atoms with van der Waals surface area (Å²) in [6.07, 6.45) is 2.20. The van der Waals surface area contributed by atoms with Gasteiger partial charge in [-0.3, -0.25) is 10.1 Å². The smallest absolute Gasteiger partial charge is 0.269 e. The molecule has 1 saturated heterocycles. The molecule has 1 heterocycles. The van der Waals surface area contributed by atoms with Crippen LogP contribution in [0.5, 0.6) is 0 Å². The van der Waals surface area contributed by atoms with Gasteiger partial charge in [0.25, 0.3) is 5.69 Å². The van der Waals surface area contributed by atoms with Crippen LogP contribution in [-0.2, 0) is 0 Å². The number of anilines is 1. The first kappa shape index (κ1) is 14.7. The van der Waals surface area contributed by atoms with Crippen LogP contribution in [-0.4, -0.2) is 29.7 Å². The Morgan fingerprint density at radius 2 is 2.15 bits per heavy atom. The molecule has 0 amide bonds. The molecule has 0 saturated carbocycles. The Labute approximate surface area is 118 Å². The summed E-state index contributed by atoms with van der Waals surface area (Å²) in [5.41, 5.74) is 7.47. The molecule has 1 aromatic rings. The van der Waals surface area contributed by atoms with Gasteiger partial charge < -0.3 is 15.7 Å². The fourth-order valence-electron chi connectivity index (χ4n) is 2.59. The van der Waals surface area contributed by atoms with E-state index < -0.39 is 11.0 Å². The van der Waals surface area contributed by atoms with Gasteiger partial charge in [-0.15, -0.1) is 0 Å². The molecule has 1 aromatic carbocycles. The van der Waals surface area contributed by atoms with Gasteiger partial charge in [0, 0.05) is 36.5 Å². The zero-order valence-electron chi connectivity index (χ0n) is 11.7. The molecule has 0 spiro atoms. The van der Waals surface area contributed by atoms with Crippen LogP contribution in [0.25, 0.3) is 0 Å². The van der Waals surface area contributed by atoms with Gasteiger partial charge in [0.1, 0.15) is 0 Å². The average Bonchev–Trinajstić information content (AvgIpc) is 2.46. The maximum absolute atomic E-state index is 10.9. The Balaban J connectivity index is 2.33. The number of benzene rings is 1. The van der Waals surface area contributed by atoms with Crippen LogP contribution < -0.4 is 10.6 Å². The third-order valence-corrected chi connectivity index (χ3v) is 3.94. The minimum Gasteiger partial charge on any atom is -0.394 e. The fourth-order valence-corrected chi connectivity index (χ4v) is 2.59. The van der Waals surface area contributed by atoms with Crippen molar-refractivity contribution in [2.24, 2.45) is 11.7 Å². The van der Waals surface area contributed by atoms with Gasteiger partial charge in [0.2, 0.25) is 0 Å². The van der Waals surface area contributed by atoms with Crippen LogP contribution in [0.3, 0.4) is 0 Å². The number of nitro groups is 1. The third kappa shape index (κ3) is 3.08. The number of nitro benzene ring substituents is 1. The molecule has 1 aliphatic heterocycles. The second kappa shape index (κ2) is 6.19. The second-order valence-corrected chi connectivity index (χ2v) is 5.46. The fraction of sp³-hybridized carbons (Fsp3) is 0.571.